The molecule has 96 valence electrons. The van der Waals surface area contributed by atoms with Gasteiger partial charge in [-0.1, -0.05) is 24.4 Å². The Hall–Kier alpha value is -1.24. The fraction of sp³-hybridized carbons (Fsp3) is 0.500. The Morgan fingerprint density at radius 1 is 1.44 bits per heavy atom. The molecule has 0 unspecified atom stereocenters. The van der Waals surface area contributed by atoms with E-state index in [1.807, 2.05) is 11.9 Å². The molecule has 1 aromatic carbocycles. The van der Waals surface area contributed by atoms with Crippen molar-refractivity contribution in [2.75, 3.05) is 18.5 Å². The average Bonchev–Trinajstić information content (AvgIpc) is 2.75. The van der Waals surface area contributed by atoms with Gasteiger partial charge in [0.15, 0.2) is 0 Å². The molecule has 1 N–H and O–H groups in total. The number of hydrogen-bond donors (Lipinski definition) is 1. The van der Waals surface area contributed by atoms with Gasteiger partial charge in [0.05, 0.1) is 16.9 Å². The van der Waals surface area contributed by atoms with E-state index in [9.17, 15) is 5.11 Å². The molecule has 0 atom stereocenters. The van der Waals surface area contributed by atoms with Crippen molar-refractivity contribution in [3.63, 3.8) is 0 Å². The number of nitrogens with zero attached hydrogens (tertiary/aromatic N) is 2. The molecule has 0 amide bonds. The molecular formula is C14H17ClN2O. The van der Waals surface area contributed by atoms with Crippen molar-refractivity contribution in [1.82, 2.24) is 0 Å². The van der Waals surface area contributed by atoms with Crippen molar-refractivity contribution >= 4 is 17.3 Å². The normalized spacial score (nSPS) is 17.4. The van der Waals surface area contributed by atoms with Crippen LogP contribution in [0, 0.1) is 11.3 Å². The maximum absolute atomic E-state index is 10.4. The molecule has 3 nitrogen and oxygen atoms in total. The summed E-state index contributed by atoms with van der Waals surface area (Å²) in [7, 11) is 1.89. The van der Waals surface area contributed by atoms with Crippen molar-refractivity contribution in [2.24, 2.45) is 0 Å². The van der Waals surface area contributed by atoms with E-state index in [1.54, 1.807) is 18.2 Å². The predicted molar refractivity (Wildman–Crippen MR) is 72.9 cm³/mol. The monoisotopic (exact) mass is 264 g/mol. The fourth-order valence-electron chi connectivity index (χ4n) is 2.63. The Balaban J connectivity index is 2.20. The van der Waals surface area contributed by atoms with Gasteiger partial charge in [0.1, 0.15) is 6.07 Å². The highest BCUT2D eigenvalue weighted by atomic mass is 35.5. The summed E-state index contributed by atoms with van der Waals surface area (Å²) >= 11 is 5.97. The Labute approximate surface area is 113 Å². The summed E-state index contributed by atoms with van der Waals surface area (Å²) in [4.78, 5) is 1.93. The Morgan fingerprint density at radius 2 is 2.11 bits per heavy atom. The first kappa shape index (κ1) is 13.2. The standard InChI is InChI=1S/C14H17ClN2O/c1-17(10-14(18)6-2-3-7-14)13-8-12(15)5-4-11(13)9-16/h4-5,8,18H,2-3,6-7,10H2,1H3. The zero-order valence-corrected chi connectivity index (χ0v) is 11.2. The number of halogens is 1. The summed E-state index contributed by atoms with van der Waals surface area (Å²) in [6.07, 6.45) is 3.82. The molecule has 1 fully saturated rings. The van der Waals surface area contributed by atoms with Crippen molar-refractivity contribution in [3.05, 3.63) is 28.8 Å². The smallest absolute Gasteiger partial charge is 0.101 e. The van der Waals surface area contributed by atoms with Crippen LogP contribution in [0.15, 0.2) is 18.2 Å². The van der Waals surface area contributed by atoms with Gasteiger partial charge in [0.25, 0.3) is 0 Å². The van der Waals surface area contributed by atoms with E-state index in [0.29, 0.717) is 17.1 Å². The maximum Gasteiger partial charge on any atom is 0.101 e. The molecule has 0 saturated heterocycles. The minimum Gasteiger partial charge on any atom is -0.388 e. The topological polar surface area (TPSA) is 47.3 Å². The molecule has 1 saturated carbocycles. The molecule has 0 aromatic heterocycles. The van der Waals surface area contributed by atoms with E-state index in [1.165, 1.54) is 0 Å². The Bertz CT molecular complexity index is 475. The summed E-state index contributed by atoms with van der Waals surface area (Å²) in [6, 6.07) is 7.36. The van der Waals surface area contributed by atoms with Crippen LogP contribution in [0.4, 0.5) is 5.69 Å². The van der Waals surface area contributed by atoms with Gasteiger partial charge in [-0.05, 0) is 31.0 Å². The number of benzene rings is 1. The van der Waals surface area contributed by atoms with Crippen LogP contribution in [-0.4, -0.2) is 24.3 Å². The lowest BCUT2D eigenvalue weighted by molar-refractivity contribution is 0.0559. The number of anilines is 1. The highest BCUT2D eigenvalue weighted by molar-refractivity contribution is 6.30. The Morgan fingerprint density at radius 3 is 2.72 bits per heavy atom. The molecule has 1 aromatic rings. The van der Waals surface area contributed by atoms with E-state index in [0.717, 1.165) is 31.4 Å². The lowest BCUT2D eigenvalue weighted by atomic mass is 10.0. The number of likely N-dealkylation sites (N-methyl/N-ethyl adjacent to an activating group) is 1. The predicted octanol–water partition coefficient (Wildman–Crippen LogP) is 2.95. The molecule has 18 heavy (non-hydrogen) atoms. The molecule has 2 rings (SSSR count). The first-order valence-corrected chi connectivity index (χ1v) is 6.55. The third kappa shape index (κ3) is 2.77. The van der Waals surface area contributed by atoms with Gasteiger partial charge in [-0.2, -0.15) is 5.26 Å². The van der Waals surface area contributed by atoms with Crippen molar-refractivity contribution < 1.29 is 5.11 Å². The van der Waals surface area contributed by atoms with Crippen molar-refractivity contribution in [3.8, 4) is 6.07 Å². The number of hydrogen-bond acceptors (Lipinski definition) is 3. The van der Waals surface area contributed by atoms with Crippen LogP contribution in [0.2, 0.25) is 5.02 Å². The lowest BCUT2D eigenvalue weighted by Crippen LogP contribution is -2.39. The maximum atomic E-state index is 10.4. The molecule has 1 aliphatic carbocycles. The van der Waals surface area contributed by atoms with E-state index in [2.05, 4.69) is 6.07 Å². The third-order valence-electron chi connectivity index (χ3n) is 3.56. The van der Waals surface area contributed by atoms with Crippen molar-refractivity contribution in [1.29, 1.82) is 5.26 Å². The van der Waals surface area contributed by atoms with Crippen molar-refractivity contribution in [2.45, 2.75) is 31.3 Å². The minimum absolute atomic E-state index is 0.544. The highest BCUT2D eigenvalue weighted by Gasteiger charge is 2.32. The van der Waals surface area contributed by atoms with E-state index in [4.69, 9.17) is 16.9 Å². The van der Waals surface area contributed by atoms with Crippen LogP contribution in [0.3, 0.4) is 0 Å². The quantitative estimate of drug-likeness (QED) is 0.913. The highest BCUT2D eigenvalue weighted by Crippen LogP contribution is 2.32. The molecule has 0 heterocycles. The second-order valence-electron chi connectivity index (χ2n) is 5.06. The van der Waals surface area contributed by atoms with Crippen LogP contribution in [-0.2, 0) is 0 Å². The van der Waals surface area contributed by atoms with Gasteiger partial charge in [0.2, 0.25) is 0 Å². The number of aliphatic hydroxyl groups is 1. The van der Waals surface area contributed by atoms with Gasteiger partial charge < -0.3 is 10.0 Å². The number of rotatable bonds is 3. The summed E-state index contributed by atoms with van der Waals surface area (Å²) in [5.41, 5.74) is 0.748. The first-order chi connectivity index (χ1) is 8.54. The number of nitriles is 1. The van der Waals surface area contributed by atoms with Gasteiger partial charge in [-0.25, -0.2) is 0 Å². The molecule has 4 heteroatoms. The van der Waals surface area contributed by atoms with Gasteiger partial charge in [0, 0.05) is 18.6 Å². The third-order valence-corrected chi connectivity index (χ3v) is 3.79. The Kier molecular flexibility index (Phi) is 3.79. The van der Waals surface area contributed by atoms with Gasteiger partial charge >= 0.3 is 0 Å². The largest absolute Gasteiger partial charge is 0.388 e. The van der Waals surface area contributed by atoms with Crippen LogP contribution in [0.1, 0.15) is 31.2 Å². The van der Waals surface area contributed by atoms with Gasteiger partial charge in [-0.3, -0.25) is 0 Å². The molecule has 0 aliphatic heterocycles. The molecule has 0 radical (unpaired) electrons. The molecule has 0 bridgehead atoms. The summed E-state index contributed by atoms with van der Waals surface area (Å²) < 4.78 is 0. The average molecular weight is 265 g/mol. The van der Waals surface area contributed by atoms with Crippen LogP contribution in [0.25, 0.3) is 0 Å². The van der Waals surface area contributed by atoms with Gasteiger partial charge in [-0.15, -0.1) is 0 Å². The zero-order valence-electron chi connectivity index (χ0n) is 10.5. The molecule has 1 aliphatic rings. The lowest BCUT2D eigenvalue weighted by Gasteiger charge is -2.30. The molecular weight excluding hydrogens is 248 g/mol. The summed E-state index contributed by atoms with van der Waals surface area (Å²) in [5.74, 6) is 0. The second kappa shape index (κ2) is 5.17. The van der Waals surface area contributed by atoms with Crippen LogP contribution >= 0.6 is 11.6 Å². The zero-order chi connectivity index (χ0) is 13.2. The van der Waals surface area contributed by atoms with E-state index in [-0.39, 0.29) is 0 Å². The van der Waals surface area contributed by atoms with Crippen LogP contribution < -0.4 is 4.90 Å². The van der Waals surface area contributed by atoms with E-state index >= 15 is 0 Å². The minimum atomic E-state index is -0.621. The van der Waals surface area contributed by atoms with E-state index < -0.39 is 5.60 Å². The fourth-order valence-corrected chi connectivity index (χ4v) is 2.80. The second-order valence-corrected chi connectivity index (χ2v) is 5.50. The van der Waals surface area contributed by atoms with Crippen LogP contribution in [0.5, 0.6) is 0 Å². The first-order valence-electron chi connectivity index (χ1n) is 6.17. The summed E-state index contributed by atoms with van der Waals surface area (Å²) in [6.45, 7) is 0.544. The summed E-state index contributed by atoms with van der Waals surface area (Å²) in [5, 5.41) is 20.1. The SMILES string of the molecule is CN(CC1(O)CCCC1)c1cc(Cl)ccc1C#N. The molecule has 0 spiro atoms.